The molecule has 8 nitrogen and oxygen atoms in total. The topological polar surface area (TPSA) is 115 Å². The number of hydrogen-bond acceptors (Lipinski definition) is 7. The molecule has 2 rings (SSSR count). The van der Waals surface area contributed by atoms with Crippen LogP contribution in [0.15, 0.2) is 28.7 Å². The number of esters is 1. The van der Waals surface area contributed by atoms with E-state index in [1.807, 2.05) is 0 Å². The van der Waals surface area contributed by atoms with Crippen molar-refractivity contribution < 1.29 is 23.8 Å². The van der Waals surface area contributed by atoms with Gasteiger partial charge in [-0.25, -0.2) is 4.79 Å². The Kier molecular flexibility index (Phi) is 5.67. The van der Waals surface area contributed by atoms with Gasteiger partial charge in [0.25, 0.3) is 0 Å². The first-order chi connectivity index (χ1) is 11.1. The number of carbonyl (C=O) groups excluding carboxylic acids is 1. The molecule has 8 heteroatoms. The lowest BCUT2D eigenvalue weighted by molar-refractivity contribution is -0.137. The Hall–Kier alpha value is -2.90. The average molecular weight is 319 g/mol. The summed E-state index contributed by atoms with van der Waals surface area (Å²) in [5.41, 5.74) is 0.853. The van der Waals surface area contributed by atoms with Crippen LogP contribution in [-0.4, -0.2) is 33.8 Å². The molecule has 0 amide bonds. The van der Waals surface area contributed by atoms with Crippen LogP contribution in [0.5, 0.6) is 0 Å². The van der Waals surface area contributed by atoms with Crippen LogP contribution in [0.1, 0.15) is 36.0 Å². The first-order valence-corrected chi connectivity index (χ1v) is 7.17. The second-order valence-electron chi connectivity index (χ2n) is 4.64. The maximum Gasteiger partial charge on any atom is 0.340 e. The van der Waals surface area contributed by atoms with Crippen LogP contribution in [0.4, 0.5) is 11.7 Å². The molecule has 0 saturated carbocycles. The molecule has 0 unspecified atom stereocenters. The minimum absolute atomic E-state index is 0.0385. The normalized spacial score (nSPS) is 10.3. The summed E-state index contributed by atoms with van der Waals surface area (Å²) in [5, 5.41) is 19.1. The molecule has 0 spiro atoms. The highest BCUT2D eigenvalue weighted by molar-refractivity contribution is 5.96. The lowest BCUT2D eigenvalue weighted by Gasteiger charge is -2.08. The zero-order valence-electron chi connectivity index (χ0n) is 12.6. The predicted molar refractivity (Wildman–Crippen MR) is 80.6 cm³/mol. The second kappa shape index (κ2) is 7.92. The number of carboxylic acids is 1. The minimum Gasteiger partial charge on any atom is -0.481 e. The summed E-state index contributed by atoms with van der Waals surface area (Å²) in [5.74, 6) is -0.981. The number of carboxylic acid groups (broad SMARTS) is 1. The Balaban J connectivity index is 2.04. The minimum atomic E-state index is -0.869. The number of benzene rings is 1. The summed E-state index contributed by atoms with van der Waals surface area (Å²) in [6.07, 6.45) is 0.827. The standard InChI is InChI=1S/C15H17N3O5/c1-2-22-14(21)10-6-3-4-7-11(10)16-15-18-17-12(23-15)8-5-9-13(19)20/h3-4,6-7H,2,5,8-9H2,1H3,(H,16,18)(H,19,20). The maximum absolute atomic E-state index is 11.9. The first-order valence-electron chi connectivity index (χ1n) is 7.17. The lowest BCUT2D eigenvalue weighted by atomic mass is 10.2. The number of aliphatic carboxylic acids is 1. The summed E-state index contributed by atoms with van der Waals surface area (Å²) < 4.78 is 10.4. The highest BCUT2D eigenvalue weighted by atomic mass is 16.5. The number of nitrogens with one attached hydrogen (secondary N) is 1. The third kappa shape index (κ3) is 4.80. The molecule has 0 bridgehead atoms. The van der Waals surface area contributed by atoms with Gasteiger partial charge in [0.15, 0.2) is 0 Å². The summed E-state index contributed by atoms with van der Waals surface area (Å²) in [4.78, 5) is 22.3. The fourth-order valence-corrected chi connectivity index (χ4v) is 1.89. The van der Waals surface area contributed by atoms with Gasteiger partial charge >= 0.3 is 18.0 Å². The van der Waals surface area contributed by atoms with Gasteiger partial charge in [-0.3, -0.25) is 4.79 Å². The van der Waals surface area contributed by atoms with E-state index in [0.29, 0.717) is 30.0 Å². The van der Waals surface area contributed by atoms with E-state index in [-0.39, 0.29) is 19.0 Å². The summed E-state index contributed by atoms with van der Waals surface area (Å²) >= 11 is 0. The fraction of sp³-hybridized carbons (Fsp3) is 0.333. The highest BCUT2D eigenvalue weighted by Crippen LogP contribution is 2.21. The Morgan fingerprint density at radius 2 is 2.09 bits per heavy atom. The molecule has 122 valence electrons. The van der Waals surface area contributed by atoms with Gasteiger partial charge in [-0.2, -0.15) is 0 Å². The molecule has 0 saturated heterocycles. The zero-order chi connectivity index (χ0) is 16.7. The van der Waals surface area contributed by atoms with Gasteiger partial charge in [0.05, 0.1) is 17.9 Å². The van der Waals surface area contributed by atoms with Gasteiger partial charge in [0, 0.05) is 12.8 Å². The largest absolute Gasteiger partial charge is 0.481 e. The molecule has 0 fully saturated rings. The van der Waals surface area contributed by atoms with Gasteiger partial charge < -0.3 is 19.6 Å². The number of aromatic nitrogens is 2. The molecule has 23 heavy (non-hydrogen) atoms. The molecular formula is C15H17N3O5. The van der Waals surface area contributed by atoms with E-state index in [1.165, 1.54) is 0 Å². The number of carbonyl (C=O) groups is 2. The van der Waals surface area contributed by atoms with E-state index >= 15 is 0 Å². The molecule has 0 atom stereocenters. The van der Waals surface area contributed by atoms with Gasteiger partial charge in [-0.15, -0.1) is 5.10 Å². The number of aryl methyl sites for hydroxylation is 1. The van der Waals surface area contributed by atoms with Crippen LogP contribution in [-0.2, 0) is 16.0 Å². The van der Waals surface area contributed by atoms with Gasteiger partial charge in [-0.05, 0) is 25.5 Å². The van der Waals surface area contributed by atoms with Crippen LogP contribution < -0.4 is 5.32 Å². The molecule has 0 aliphatic carbocycles. The summed E-state index contributed by atoms with van der Waals surface area (Å²) in [6, 6.07) is 6.94. The third-order valence-corrected chi connectivity index (χ3v) is 2.91. The smallest absolute Gasteiger partial charge is 0.340 e. The van der Waals surface area contributed by atoms with Crippen LogP contribution in [0.2, 0.25) is 0 Å². The highest BCUT2D eigenvalue weighted by Gasteiger charge is 2.14. The maximum atomic E-state index is 11.9. The molecule has 1 aromatic carbocycles. The van der Waals surface area contributed by atoms with Gasteiger partial charge in [-0.1, -0.05) is 17.2 Å². The number of nitrogens with zero attached hydrogens (tertiary/aromatic N) is 2. The number of anilines is 2. The first kappa shape index (κ1) is 16.5. The van der Waals surface area contributed by atoms with E-state index in [0.717, 1.165) is 0 Å². The van der Waals surface area contributed by atoms with Gasteiger partial charge in [0.1, 0.15) is 0 Å². The molecule has 0 aliphatic heterocycles. The van der Waals surface area contributed by atoms with Crippen molar-refractivity contribution in [1.29, 1.82) is 0 Å². The fourth-order valence-electron chi connectivity index (χ4n) is 1.89. The molecule has 1 aromatic heterocycles. The van der Waals surface area contributed by atoms with Crippen molar-refractivity contribution in [3.05, 3.63) is 35.7 Å². The number of ether oxygens (including phenoxy) is 1. The van der Waals surface area contributed by atoms with E-state index in [1.54, 1.807) is 31.2 Å². The van der Waals surface area contributed by atoms with E-state index in [2.05, 4.69) is 15.5 Å². The molecular weight excluding hydrogens is 302 g/mol. The second-order valence-corrected chi connectivity index (χ2v) is 4.64. The van der Waals surface area contributed by atoms with Crippen molar-refractivity contribution in [3.63, 3.8) is 0 Å². The number of para-hydroxylation sites is 1. The Bertz CT molecular complexity index is 683. The quantitative estimate of drug-likeness (QED) is 0.713. The van der Waals surface area contributed by atoms with Crippen molar-refractivity contribution in [2.45, 2.75) is 26.2 Å². The van der Waals surface area contributed by atoms with Crippen molar-refractivity contribution >= 4 is 23.6 Å². The molecule has 0 radical (unpaired) electrons. The molecule has 1 heterocycles. The zero-order valence-corrected chi connectivity index (χ0v) is 12.6. The Labute approximate surface area is 132 Å². The Morgan fingerprint density at radius 1 is 1.30 bits per heavy atom. The van der Waals surface area contributed by atoms with E-state index < -0.39 is 11.9 Å². The molecule has 0 aliphatic rings. The van der Waals surface area contributed by atoms with Crippen LogP contribution in [0.25, 0.3) is 0 Å². The number of hydrogen-bond donors (Lipinski definition) is 2. The number of rotatable bonds is 8. The van der Waals surface area contributed by atoms with Crippen molar-refractivity contribution in [2.24, 2.45) is 0 Å². The summed E-state index contributed by atoms with van der Waals surface area (Å²) in [7, 11) is 0. The van der Waals surface area contributed by atoms with E-state index in [4.69, 9.17) is 14.3 Å². The van der Waals surface area contributed by atoms with Crippen molar-refractivity contribution in [3.8, 4) is 0 Å². The van der Waals surface area contributed by atoms with E-state index in [9.17, 15) is 9.59 Å². The molecule has 2 N–H and O–H groups in total. The predicted octanol–water partition coefficient (Wildman–Crippen LogP) is 2.40. The monoisotopic (exact) mass is 319 g/mol. The van der Waals surface area contributed by atoms with Crippen LogP contribution in [0.3, 0.4) is 0 Å². The SMILES string of the molecule is CCOC(=O)c1ccccc1Nc1nnc(CCCC(=O)O)o1. The van der Waals surface area contributed by atoms with Gasteiger partial charge in [0.2, 0.25) is 5.89 Å². The van der Waals surface area contributed by atoms with Crippen molar-refractivity contribution in [2.75, 3.05) is 11.9 Å². The lowest BCUT2D eigenvalue weighted by Crippen LogP contribution is -2.07. The van der Waals surface area contributed by atoms with Crippen LogP contribution in [0, 0.1) is 0 Å². The summed E-state index contributed by atoms with van der Waals surface area (Å²) in [6.45, 7) is 2.01. The third-order valence-electron chi connectivity index (χ3n) is 2.91. The van der Waals surface area contributed by atoms with Crippen molar-refractivity contribution in [1.82, 2.24) is 10.2 Å². The molecule has 2 aromatic rings. The van der Waals surface area contributed by atoms with Crippen LogP contribution >= 0.6 is 0 Å². The Morgan fingerprint density at radius 3 is 2.83 bits per heavy atom. The average Bonchev–Trinajstić information content (AvgIpc) is 2.95.